The lowest BCUT2D eigenvalue weighted by molar-refractivity contribution is -0.162. The molecule has 3 aromatic rings. The molecule has 2 aromatic carbocycles. The summed E-state index contributed by atoms with van der Waals surface area (Å²) in [4.78, 5) is 15.7. The molecule has 1 unspecified atom stereocenters. The Morgan fingerprint density at radius 2 is 1.87 bits per heavy atom. The third kappa shape index (κ3) is 3.43. The zero-order chi connectivity index (χ0) is 16.2. The molecule has 4 nitrogen and oxygen atoms in total. The average Bonchev–Trinajstić information content (AvgIpc) is 2.57. The molecule has 0 saturated carbocycles. The van der Waals surface area contributed by atoms with E-state index in [-0.39, 0.29) is 0 Å². The Bertz CT molecular complexity index is 836. The highest BCUT2D eigenvalue weighted by Crippen LogP contribution is 2.32. The molecule has 0 spiro atoms. The molecule has 0 radical (unpaired) electrons. The van der Waals surface area contributed by atoms with Gasteiger partial charge in [0.25, 0.3) is 6.29 Å². The Balaban J connectivity index is 2.01. The van der Waals surface area contributed by atoms with Crippen molar-refractivity contribution in [1.82, 2.24) is 4.98 Å². The lowest BCUT2D eigenvalue weighted by Crippen LogP contribution is -2.15. The fourth-order valence-corrected chi connectivity index (χ4v) is 2.46. The van der Waals surface area contributed by atoms with Crippen LogP contribution in [0, 0.1) is 0 Å². The fraction of sp³-hybridized carbons (Fsp3) is 0.111. The number of hydrogen-bond donors (Lipinski definition) is 0. The molecule has 0 aliphatic carbocycles. The summed E-state index contributed by atoms with van der Waals surface area (Å²) in [5.41, 5.74) is 1.36. The van der Waals surface area contributed by atoms with E-state index < -0.39 is 12.3 Å². The number of carbonyl (C=O) groups excluding carboxylic acids is 1. The second kappa shape index (κ2) is 6.67. The summed E-state index contributed by atoms with van der Waals surface area (Å²) in [7, 11) is 0. The molecule has 1 aromatic heterocycles. The molecule has 3 rings (SSSR count). The summed E-state index contributed by atoms with van der Waals surface area (Å²) < 4.78 is 11.2. The highest BCUT2D eigenvalue weighted by molar-refractivity contribution is 6.35. The fourth-order valence-electron chi connectivity index (χ4n) is 2.24. The largest absolute Gasteiger partial charge is 0.448 e. The number of ether oxygens (including phenoxy) is 2. The van der Waals surface area contributed by atoms with Crippen molar-refractivity contribution in [3.05, 3.63) is 71.4 Å². The molecule has 0 aliphatic rings. The number of aromatic nitrogens is 1. The number of carbonyl (C=O) groups is 1. The van der Waals surface area contributed by atoms with Crippen LogP contribution in [0.4, 0.5) is 0 Å². The minimum atomic E-state index is -0.847. The van der Waals surface area contributed by atoms with Crippen LogP contribution in [0.15, 0.2) is 60.8 Å². The van der Waals surface area contributed by atoms with Gasteiger partial charge in [-0.1, -0.05) is 41.9 Å². The van der Waals surface area contributed by atoms with E-state index >= 15 is 0 Å². The molecule has 0 saturated heterocycles. The Labute approximate surface area is 138 Å². The number of benzene rings is 2. The smallest absolute Gasteiger partial charge is 0.305 e. The maximum absolute atomic E-state index is 11.4. The number of nitrogens with zero attached hydrogens (tertiary/aromatic N) is 1. The van der Waals surface area contributed by atoms with Gasteiger partial charge in [-0.2, -0.15) is 0 Å². The van der Waals surface area contributed by atoms with E-state index in [9.17, 15) is 4.79 Å². The van der Waals surface area contributed by atoms with E-state index in [1.807, 2.05) is 36.4 Å². The summed E-state index contributed by atoms with van der Waals surface area (Å²) in [6, 6.07) is 16.4. The summed E-state index contributed by atoms with van der Waals surface area (Å²) in [6.45, 7) is 1.34. The van der Waals surface area contributed by atoms with Gasteiger partial charge in [0.05, 0.1) is 5.02 Å². The van der Waals surface area contributed by atoms with Crippen LogP contribution in [0.5, 0.6) is 5.75 Å². The Morgan fingerprint density at radius 1 is 1.09 bits per heavy atom. The van der Waals surface area contributed by atoms with Crippen molar-refractivity contribution in [2.45, 2.75) is 13.2 Å². The molecular weight excluding hydrogens is 314 g/mol. The van der Waals surface area contributed by atoms with Crippen LogP contribution in [0.1, 0.15) is 18.8 Å². The van der Waals surface area contributed by atoms with Crippen molar-refractivity contribution in [3.63, 3.8) is 0 Å². The number of halogens is 1. The van der Waals surface area contributed by atoms with Gasteiger partial charge in [-0.15, -0.1) is 0 Å². The van der Waals surface area contributed by atoms with E-state index in [2.05, 4.69) is 4.98 Å². The van der Waals surface area contributed by atoms with Crippen LogP contribution in [-0.2, 0) is 9.53 Å². The lowest BCUT2D eigenvalue weighted by Gasteiger charge is -2.20. The van der Waals surface area contributed by atoms with Crippen LogP contribution in [0.25, 0.3) is 10.9 Å². The van der Waals surface area contributed by atoms with Crippen LogP contribution in [-0.4, -0.2) is 11.0 Å². The average molecular weight is 328 g/mol. The van der Waals surface area contributed by atoms with Gasteiger partial charge in [-0.25, -0.2) is 0 Å². The van der Waals surface area contributed by atoms with Crippen molar-refractivity contribution in [1.29, 1.82) is 0 Å². The van der Waals surface area contributed by atoms with Gasteiger partial charge in [-0.3, -0.25) is 9.78 Å². The summed E-state index contributed by atoms with van der Waals surface area (Å²) >= 11 is 6.19. The van der Waals surface area contributed by atoms with Crippen molar-refractivity contribution in [3.8, 4) is 5.75 Å². The topological polar surface area (TPSA) is 48.4 Å². The number of pyridine rings is 1. The molecule has 5 heteroatoms. The molecule has 0 bridgehead atoms. The predicted octanol–water partition coefficient (Wildman–Crippen LogP) is 4.53. The van der Waals surface area contributed by atoms with Gasteiger partial charge in [0.1, 0.15) is 5.52 Å². The van der Waals surface area contributed by atoms with Gasteiger partial charge in [0, 0.05) is 24.1 Å². The van der Waals surface area contributed by atoms with Gasteiger partial charge in [-0.05, 0) is 24.3 Å². The first-order valence-corrected chi connectivity index (χ1v) is 7.45. The molecular formula is C18H14ClNO3. The second-order valence-corrected chi connectivity index (χ2v) is 5.32. The van der Waals surface area contributed by atoms with Gasteiger partial charge < -0.3 is 9.47 Å². The molecule has 1 atom stereocenters. The van der Waals surface area contributed by atoms with Gasteiger partial charge in [0.15, 0.2) is 5.75 Å². The molecule has 0 fully saturated rings. The summed E-state index contributed by atoms with van der Waals surface area (Å²) in [5, 5.41) is 1.37. The Hall–Kier alpha value is -2.59. The van der Waals surface area contributed by atoms with Crippen LogP contribution in [0.2, 0.25) is 5.02 Å². The maximum atomic E-state index is 11.4. The first-order chi connectivity index (χ1) is 11.1. The molecule has 0 N–H and O–H groups in total. The first-order valence-electron chi connectivity index (χ1n) is 7.07. The van der Waals surface area contributed by atoms with Crippen molar-refractivity contribution in [2.24, 2.45) is 0 Å². The highest BCUT2D eigenvalue weighted by atomic mass is 35.5. The lowest BCUT2D eigenvalue weighted by atomic mass is 10.2. The van der Waals surface area contributed by atoms with Crippen molar-refractivity contribution in [2.75, 3.05) is 0 Å². The predicted molar refractivity (Wildman–Crippen MR) is 88.3 cm³/mol. The number of hydrogen-bond acceptors (Lipinski definition) is 4. The maximum Gasteiger partial charge on any atom is 0.305 e. The van der Waals surface area contributed by atoms with Gasteiger partial charge in [0.2, 0.25) is 0 Å². The molecule has 0 aliphatic heterocycles. The molecule has 0 amide bonds. The van der Waals surface area contributed by atoms with E-state index in [0.29, 0.717) is 16.3 Å². The monoisotopic (exact) mass is 327 g/mol. The van der Waals surface area contributed by atoms with E-state index in [4.69, 9.17) is 21.1 Å². The third-order valence-corrected chi connectivity index (χ3v) is 3.59. The summed E-state index contributed by atoms with van der Waals surface area (Å²) in [6.07, 6.45) is 0.814. The zero-order valence-corrected chi connectivity index (χ0v) is 13.2. The molecule has 23 heavy (non-hydrogen) atoms. The van der Waals surface area contributed by atoms with Crippen LogP contribution < -0.4 is 4.74 Å². The Kier molecular flexibility index (Phi) is 4.44. The number of esters is 1. The quantitative estimate of drug-likeness (QED) is 0.522. The standard InChI is InChI=1S/C18H14ClNO3/c1-12(21)22-18(13-6-3-2-4-7-13)23-16-10-9-15(19)14-8-5-11-20-17(14)16/h2-11,18H,1H3. The number of fused-ring (bicyclic) bond motifs is 1. The zero-order valence-electron chi connectivity index (χ0n) is 12.4. The van der Waals surface area contributed by atoms with E-state index in [0.717, 1.165) is 10.9 Å². The minimum absolute atomic E-state index is 0.426. The van der Waals surface area contributed by atoms with Crippen LogP contribution >= 0.6 is 11.6 Å². The minimum Gasteiger partial charge on any atom is -0.448 e. The Morgan fingerprint density at radius 3 is 2.61 bits per heavy atom. The van der Waals surface area contributed by atoms with Crippen LogP contribution in [0.3, 0.4) is 0 Å². The molecule has 1 heterocycles. The van der Waals surface area contributed by atoms with Crippen molar-refractivity contribution >= 4 is 28.5 Å². The highest BCUT2D eigenvalue weighted by Gasteiger charge is 2.18. The van der Waals surface area contributed by atoms with E-state index in [1.54, 1.807) is 24.4 Å². The SMILES string of the molecule is CC(=O)OC(Oc1ccc(Cl)c2cccnc12)c1ccccc1. The summed E-state index contributed by atoms with van der Waals surface area (Å²) in [5.74, 6) is 0.0742. The van der Waals surface area contributed by atoms with Gasteiger partial charge >= 0.3 is 5.97 Å². The normalized spacial score (nSPS) is 11.9. The van der Waals surface area contributed by atoms with Crippen molar-refractivity contribution < 1.29 is 14.3 Å². The molecule has 116 valence electrons. The second-order valence-electron chi connectivity index (χ2n) is 4.91. The first kappa shape index (κ1) is 15.3. The third-order valence-electron chi connectivity index (χ3n) is 3.26. The van der Waals surface area contributed by atoms with E-state index in [1.165, 1.54) is 6.92 Å². The number of rotatable bonds is 4.